The quantitative estimate of drug-likeness (QED) is 0.644. The maximum atomic E-state index is 13.3. The van der Waals surface area contributed by atoms with Gasteiger partial charge in [0.05, 0.1) is 29.2 Å². The number of amides is 1. The SMILES string of the molecule is N#Cc1cccnc1-n1cc(NC(=O)c2cc(F)ccc2I)cn1. The molecule has 3 rings (SSSR count). The van der Waals surface area contributed by atoms with Gasteiger partial charge in [-0.1, -0.05) is 0 Å². The minimum Gasteiger partial charge on any atom is -0.319 e. The molecule has 1 N–H and O–H groups in total. The van der Waals surface area contributed by atoms with Crippen LogP contribution < -0.4 is 5.32 Å². The average Bonchev–Trinajstić information content (AvgIpc) is 3.05. The lowest BCUT2D eigenvalue weighted by atomic mass is 10.2. The summed E-state index contributed by atoms with van der Waals surface area (Å²) in [5.74, 6) is -0.566. The van der Waals surface area contributed by atoms with Crippen molar-refractivity contribution in [2.45, 2.75) is 0 Å². The van der Waals surface area contributed by atoms with E-state index in [2.05, 4.69) is 15.4 Å². The molecular formula is C16H9FIN5O. The Balaban J connectivity index is 1.85. The Labute approximate surface area is 150 Å². The van der Waals surface area contributed by atoms with E-state index in [-0.39, 0.29) is 5.56 Å². The van der Waals surface area contributed by atoms with Crippen LogP contribution in [0.2, 0.25) is 0 Å². The smallest absolute Gasteiger partial charge is 0.256 e. The van der Waals surface area contributed by atoms with E-state index < -0.39 is 11.7 Å². The molecule has 1 aromatic carbocycles. The van der Waals surface area contributed by atoms with E-state index in [0.717, 1.165) is 0 Å². The highest BCUT2D eigenvalue weighted by molar-refractivity contribution is 14.1. The van der Waals surface area contributed by atoms with Crippen LogP contribution in [-0.4, -0.2) is 20.7 Å². The lowest BCUT2D eigenvalue weighted by Gasteiger charge is -2.05. The molecule has 24 heavy (non-hydrogen) atoms. The number of halogens is 2. The topological polar surface area (TPSA) is 83.6 Å². The van der Waals surface area contributed by atoms with Gasteiger partial charge in [0.2, 0.25) is 0 Å². The summed E-state index contributed by atoms with van der Waals surface area (Å²) in [6, 6.07) is 9.30. The molecule has 0 atom stereocenters. The van der Waals surface area contributed by atoms with Crippen molar-refractivity contribution in [2.24, 2.45) is 0 Å². The Morgan fingerprint density at radius 3 is 3.00 bits per heavy atom. The number of anilines is 1. The van der Waals surface area contributed by atoms with E-state index in [1.165, 1.54) is 35.3 Å². The van der Waals surface area contributed by atoms with E-state index >= 15 is 0 Å². The molecule has 0 aliphatic rings. The van der Waals surface area contributed by atoms with Gasteiger partial charge in [-0.05, 0) is 52.9 Å². The van der Waals surface area contributed by atoms with Crippen LogP contribution in [0.25, 0.3) is 5.82 Å². The van der Waals surface area contributed by atoms with Crippen LogP contribution >= 0.6 is 22.6 Å². The van der Waals surface area contributed by atoms with Crippen molar-refractivity contribution < 1.29 is 9.18 Å². The number of nitrogens with one attached hydrogen (secondary N) is 1. The number of carbonyl (C=O) groups excluding carboxylic acids is 1. The maximum absolute atomic E-state index is 13.3. The summed E-state index contributed by atoms with van der Waals surface area (Å²) < 4.78 is 15.3. The number of nitriles is 1. The summed E-state index contributed by atoms with van der Waals surface area (Å²) in [4.78, 5) is 16.4. The summed E-state index contributed by atoms with van der Waals surface area (Å²) in [5, 5.41) is 15.8. The Kier molecular flexibility index (Phi) is 4.52. The van der Waals surface area contributed by atoms with Gasteiger partial charge in [-0.2, -0.15) is 10.4 Å². The van der Waals surface area contributed by atoms with Gasteiger partial charge in [-0.3, -0.25) is 4.79 Å². The van der Waals surface area contributed by atoms with Crippen molar-refractivity contribution in [3.05, 3.63) is 69.4 Å². The van der Waals surface area contributed by atoms with Crippen molar-refractivity contribution in [2.75, 3.05) is 5.32 Å². The molecule has 6 nitrogen and oxygen atoms in total. The highest BCUT2D eigenvalue weighted by Gasteiger charge is 2.13. The maximum Gasteiger partial charge on any atom is 0.256 e. The fraction of sp³-hybridized carbons (Fsp3) is 0. The van der Waals surface area contributed by atoms with Crippen LogP contribution in [-0.2, 0) is 0 Å². The molecule has 3 aromatic rings. The molecule has 2 heterocycles. The number of nitrogens with zero attached hydrogens (tertiary/aromatic N) is 4. The predicted molar refractivity (Wildman–Crippen MR) is 93.1 cm³/mol. The third-order valence-corrected chi connectivity index (χ3v) is 4.08. The third kappa shape index (κ3) is 3.26. The Morgan fingerprint density at radius 2 is 2.21 bits per heavy atom. The van der Waals surface area contributed by atoms with Gasteiger partial charge < -0.3 is 5.32 Å². The highest BCUT2D eigenvalue weighted by atomic mass is 127. The van der Waals surface area contributed by atoms with E-state index in [0.29, 0.717) is 20.6 Å². The number of hydrogen-bond donors (Lipinski definition) is 1. The molecule has 0 saturated carbocycles. The number of pyridine rings is 1. The fourth-order valence-electron chi connectivity index (χ4n) is 2.04. The van der Waals surface area contributed by atoms with Gasteiger partial charge in [0.15, 0.2) is 5.82 Å². The molecular weight excluding hydrogens is 424 g/mol. The Morgan fingerprint density at radius 1 is 1.38 bits per heavy atom. The Hall–Kier alpha value is -2.80. The molecule has 0 aliphatic heterocycles. The third-order valence-electron chi connectivity index (χ3n) is 3.14. The number of hydrogen-bond acceptors (Lipinski definition) is 4. The van der Waals surface area contributed by atoms with E-state index in [1.807, 2.05) is 28.7 Å². The number of rotatable bonds is 3. The average molecular weight is 433 g/mol. The van der Waals surface area contributed by atoms with E-state index in [4.69, 9.17) is 5.26 Å². The first-order valence-electron chi connectivity index (χ1n) is 6.75. The van der Waals surface area contributed by atoms with Crippen LogP contribution in [0.4, 0.5) is 10.1 Å². The molecule has 2 aromatic heterocycles. The van der Waals surface area contributed by atoms with Gasteiger partial charge in [0, 0.05) is 9.77 Å². The van der Waals surface area contributed by atoms with Crippen molar-refractivity contribution in [1.82, 2.24) is 14.8 Å². The van der Waals surface area contributed by atoms with E-state index in [9.17, 15) is 9.18 Å². The van der Waals surface area contributed by atoms with Crippen molar-refractivity contribution >= 4 is 34.2 Å². The second-order valence-corrected chi connectivity index (χ2v) is 5.90. The molecule has 0 saturated heterocycles. The van der Waals surface area contributed by atoms with Crippen LogP contribution in [0, 0.1) is 20.7 Å². The monoisotopic (exact) mass is 433 g/mol. The fourth-order valence-corrected chi connectivity index (χ4v) is 2.62. The van der Waals surface area contributed by atoms with Gasteiger partial charge in [-0.15, -0.1) is 0 Å². The Bertz CT molecular complexity index is 963. The number of carbonyl (C=O) groups is 1. The largest absolute Gasteiger partial charge is 0.319 e. The lowest BCUT2D eigenvalue weighted by Crippen LogP contribution is -2.13. The summed E-state index contributed by atoms with van der Waals surface area (Å²) in [5.41, 5.74) is 1.01. The first kappa shape index (κ1) is 16.1. The zero-order chi connectivity index (χ0) is 17.1. The minimum atomic E-state index is -0.483. The van der Waals surface area contributed by atoms with Crippen LogP contribution in [0.5, 0.6) is 0 Å². The lowest BCUT2D eigenvalue weighted by molar-refractivity contribution is 0.102. The second-order valence-electron chi connectivity index (χ2n) is 4.74. The number of aromatic nitrogens is 3. The first-order chi connectivity index (χ1) is 11.6. The van der Waals surface area contributed by atoms with Crippen LogP contribution in [0.1, 0.15) is 15.9 Å². The zero-order valence-corrected chi connectivity index (χ0v) is 14.2. The minimum absolute atomic E-state index is 0.235. The summed E-state index contributed by atoms with van der Waals surface area (Å²) in [6.45, 7) is 0. The van der Waals surface area contributed by atoms with Crippen LogP contribution in [0.15, 0.2) is 48.9 Å². The van der Waals surface area contributed by atoms with E-state index in [1.54, 1.807) is 18.3 Å². The van der Waals surface area contributed by atoms with Gasteiger partial charge in [0.1, 0.15) is 11.9 Å². The molecule has 0 unspecified atom stereocenters. The van der Waals surface area contributed by atoms with Crippen LogP contribution in [0.3, 0.4) is 0 Å². The van der Waals surface area contributed by atoms with Gasteiger partial charge in [-0.25, -0.2) is 14.1 Å². The standard InChI is InChI=1S/C16H9FIN5O/c17-11-3-4-14(18)13(6-11)16(24)22-12-8-21-23(9-12)15-10(7-19)2-1-5-20-15/h1-6,8-9H,(H,22,24). The first-order valence-corrected chi connectivity index (χ1v) is 7.83. The van der Waals surface area contributed by atoms with Gasteiger partial charge in [0.25, 0.3) is 5.91 Å². The molecule has 1 amide bonds. The summed E-state index contributed by atoms with van der Waals surface area (Å²) in [6.07, 6.45) is 4.51. The summed E-state index contributed by atoms with van der Waals surface area (Å²) >= 11 is 1.96. The predicted octanol–water partition coefficient (Wildman–Crippen LogP) is 3.13. The molecule has 0 radical (unpaired) electrons. The molecule has 118 valence electrons. The second kappa shape index (κ2) is 6.76. The molecule has 0 aliphatic carbocycles. The zero-order valence-electron chi connectivity index (χ0n) is 12.1. The number of benzene rings is 1. The highest BCUT2D eigenvalue weighted by Crippen LogP contribution is 2.17. The molecule has 0 bridgehead atoms. The summed E-state index contributed by atoms with van der Waals surface area (Å²) in [7, 11) is 0. The molecule has 0 spiro atoms. The van der Waals surface area contributed by atoms with Crippen molar-refractivity contribution in [3.8, 4) is 11.9 Å². The molecule has 8 heteroatoms. The molecule has 0 fully saturated rings. The van der Waals surface area contributed by atoms with Crippen molar-refractivity contribution in [3.63, 3.8) is 0 Å². The normalized spacial score (nSPS) is 10.2. The van der Waals surface area contributed by atoms with Crippen molar-refractivity contribution in [1.29, 1.82) is 5.26 Å². The van der Waals surface area contributed by atoms with Gasteiger partial charge >= 0.3 is 0 Å².